The van der Waals surface area contributed by atoms with E-state index in [1.54, 1.807) is 27.7 Å². The highest BCUT2D eigenvalue weighted by Gasteiger charge is 2.26. The maximum absolute atomic E-state index is 13.7. The highest BCUT2D eigenvalue weighted by molar-refractivity contribution is 5.85. The Morgan fingerprint density at radius 1 is 1.33 bits per heavy atom. The number of esters is 1. The van der Waals surface area contributed by atoms with Crippen LogP contribution in [0.25, 0.3) is 6.08 Å². The minimum absolute atomic E-state index is 0.0910. The molecule has 1 atom stereocenters. The molecule has 1 rings (SSSR count). The van der Waals surface area contributed by atoms with Gasteiger partial charge in [-0.05, 0) is 45.9 Å². The molecule has 0 aromatic carbocycles. The first kappa shape index (κ1) is 22.1. The summed E-state index contributed by atoms with van der Waals surface area (Å²) >= 11 is 0. The van der Waals surface area contributed by atoms with Crippen molar-refractivity contribution in [1.29, 1.82) is 0 Å². The average molecular weight is 382 g/mol. The van der Waals surface area contributed by atoms with Gasteiger partial charge in [-0.2, -0.15) is 0 Å². The van der Waals surface area contributed by atoms with Gasteiger partial charge < -0.3 is 19.9 Å². The van der Waals surface area contributed by atoms with Crippen LogP contribution in [0.4, 0.5) is 9.18 Å². The molecule has 148 valence electrons. The summed E-state index contributed by atoms with van der Waals surface area (Å²) in [5.74, 6) is -2.67. The first-order chi connectivity index (χ1) is 12.5. The number of pyridine rings is 1. The number of amides is 1. The zero-order chi connectivity index (χ0) is 20.6. The van der Waals surface area contributed by atoms with Gasteiger partial charge in [0.05, 0.1) is 12.3 Å². The van der Waals surface area contributed by atoms with Crippen molar-refractivity contribution in [2.24, 2.45) is 0 Å². The van der Waals surface area contributed by atoms with Crippen molar-refractivity contribution in [2.45, 2.75) is 45.8 Å². The van der Waals surface area contributed by atoms with Gasteiger partial charge in [0.1, 0.15) is 17.5 Å². The van der Waals surface area contributed by atoms with Crippen LogP contribution < -0.4 is 5.32 Å². The monoisotopic (exact) mass is 382 g/mol. The second-order valence-corrected chi connectivity index (χ2v) is 6.50. The topological polar surface area (TPSA) is 115 Å². The molecule has 1 heterocycles. The number of carbonyl (C=O) groups is 3. The fourth-order valence-electron chi connectivity index (χ4n) is 1.98. The number of carbonyl (C=O) groups excluding carboxylic acids is 2. The summed E-state index contributed by atoms with van der Waals surface area (Å²) in [5, 5.41) is 11.1. The number of aliphatic carboxylic acids is 1. The molecule has 0 aliphatic carbocycles. The zero-order valence-corrected chi connectivity index (χ0v) is 15.6. The highest BCUT2D eigenvalue weighted by Crippen LogP contribution is 2.12. The van der Waals surface area contributed by atoms with E-state index in [1.165, 1.54) is 6.07 Å². The molecule has 1 aromatic heterocycles. The second kappa shape index (κ2) is 9.65. The number of hydrogen-bond donors (Lipinski definition) is 2. The lowest BCUT2D eigenvalue weighted by atomic mass is 10.1. The number of ether oxygens (including phenoxy) is 2. The minimum Gasteiger partial charge on any atom is -0.478 e. The summed E-state index contributed by atoms with van der Waals surface area (Å²) < 4.78 is 23.8. The molecule has 0 spiro atoms. The molecule has 0 aliphatic rings. The third-order valence-electron chi connectivity index (χ3n) is 2.99. The molecule has 0 aliphatic heterocycles. The van der Waals surface area contributed by atoms with Gasteiger partial charge in [0.25, 0.3) is 0 Å². The van der Waals surface area contributed by atoms with Crippen LogP contribution in [0.15, 0.2) is 18.2 Å². The lowest BCUT2D eigenvalue weighted by Crippen LogP contribution is -2.45. The Morgan fingerprint density at radius 2 is 2.00 bits per heavy atom. The summed E-state index contributed by atoms with van der Waals surface area (Å²) in [6, 6.07) is 1.32. The Balaban J connectivity index is 3.01. The lowest BCUT2D eigenvalue weighted by Gasteiger charge is -2.22. The normalized spacial score (nSPS) is 12.5. The average Bonchev–Trinajstić information content (AvgIpc) is 2.53. The number of nitrogens with zero attached hydrogens (tertiary/aromatic N) is 1. The van der Waals surface area contributed by atoms with Crippen molar-refractivity contribution in [1.82, 2.24) is 10.3 Å². The van der Waals surface area contributed by atoms with Crippen LogP contribution in [0.1, 0.15) is 39.1 Å². The number of nitrogens with one attached hydrogen (secondary N) is 1. The van der Waals surface area contributed by atoms with Gasteiger partial charge in [0, 0.05) is 18.2 Å². The number of hydrogen-bond acceptors (Lipinski definition) is 6. The van der Waals surface area contributed by atoms with Gasteiger partial charge in [-0.25, -0.2) is 18.8 Å². The Labute approximate surface area is 156 Å². The molecule has 0 fully saturated rings. The van der Waals surface area contributed by atoms with Crippen LogP contribution in [0.5, 0.6) is 0 Å². The molecular weight excluding hydrogens is 359 g/mol. The number of aromatic nitrogens is 1. The van der Waals surface area contributed by atoms with E-state index >= 15 is 0 Å². The molecule has 8 nitrogen and oxygen atoms in total. The summed E-state index contributed by atoms with van der Waals surface area (Å²) in [7, 11) is 0. The number of carboxylic acids is 1. The molecule has 0 radical (unpaired) electrons. The Bertz CT molecular complexity index is 727. The van der Waals surface area contributed by atoms with Crippen molar-refractivity contribution in [2.75, 3.05) is 6.61 Å². The zero-order valence-electron chi connectivity index (χ0n) is 15.6. The lowest BCUT2D eigenvalue weighted by molar-refractivity contribution is -0.145. The van der Waals surface area contributed by atoms with Crippen LogP contribution in [0, 0.1) is 5.82 Å². The van der Waals surface area contributed by atoms with Crippen LogP contribution in [-0.2, 0) is 25.5 Å². The van der Waals surface area contributed by atoms with Crippen LogP contribution in [0.2, 0.25) is 0 Å². The molecule has 0 saturated carbocycles. The summed E-state index contributed by atoms with van der Waals surface area (Å²) in [6.45, 7) is 6.75. The van der Waals surface area contributed by atoms with Crippen molar-refractivity contribution in [3.8, 4) is 0 Å². The fourth-order valence-corrected chi connectivity index (χ4v) is 1.98. The van der Waals surface area contributed by atoms with Crippen molar-refractivity contribution in [3.63, 3.8) is 0 Å². The molecule has 1 unspecified atom stereocenters. The molecule has 0 bridgehead atoms. The Morgan fingerprint density at radius 3 is 2.56 bits per heavy atom. The molecule has 27 heavy (non-hydrogen) atoms. The van der Waals surface area contributed by atoms with E-state index in [1.807, 2.05) is 0 Å². The van der Waals surface area contributed by atoms with Gasteiger partial charge in [0.2, 0.25) is 0 Å². The predicted octanol–water partition coefficient (Wildman–Crippen LogP) is 2.32. The van der Waals surface area contributed by atoms with Crippen molar-refractivity contribution < 1.29 is 33.4 Å². The molecule has 9 heteroatoms. The molecular formula is C18H23FN2O6. The molecule has 0 saturated heterocycles. The van der Waals surface area contributed by atoms with Gasteiger partial charge in [0.15, 0.2) is 0 Å². The fraction of sp³-hybridized carbons (Fsp3) is 0.444. The van der Waals surface area contributed by atoms with Gasteiger partial charge in [-0.15, -0.1) is 0 Å². The van der Waals surface area contributed by atoms with Gasteiger partial charge in [-0.3, -0.25) is 4.98 Å². The molecule has 2 N–H and O–H groups in total. The molecule has 1 aromatic rings. The van der Waals surface area contributed by atoms with Crippen molar-refractivity contribution in [3.05, 3.63) is 35.4 Å². The van der Waals surface area contributed by atoms with Gasteiger partial charge >= 0.3 is 18.0 Å². The quantitative estimate of drug-likeness (QED) is 0.549. The summed E-state index contributed by atoms with van der Waals surface area (Å²) in [4.78, 5) is 38.7. The number of alkyl carbamates (subject to hydrolysis) is 1. The van der Waals surface area contributed by atoms with E-state index in [0.717, 1.165) is 18.2 Å². The first-order valence-electron chi connectivity index (χ1n) is 8.24. The third kappa shape index (κ3) is 8.30. The van der Waals surface area contributed by atoms with E-state index < -0.39 is 35.5 Å². The Hall–Kier alpha value is -2.97. The summed E-state index contributed by atoms with van der Waals surface area (Å²) in [6.07, 6.45) is 0.846. The molecule has 1 amide bonds. The van der Waals surface area contributed by atoms with E-state index in [9.17, 15) is 18.8 Å². The van der Waals surface area contributed by atoms with Crippen LogP contribution in [0.3, 0.4) is 0 Å². The second-order valence-electron chi connectivity index (χ2n) is 6.50. The number of carboxylic acid groups (broad SMARTS) is 1. The first-order valence-corrected chi connectivity index (χ1v) is 8.24. The van der Waals surface area contributed by atoms with E-state index in [4.69, 9.17) is 14.6 Å². The SMILES string of the molecule is CCOC(=O)C(Cc1ccc(F)c(C=CC(=O)O)n1)NC(=O)OC(C)(C)C. The third-order valence-corrected chi connectivity index (χ3v) is 2.99. The Kier molecular flexibility index (Phi) is 7.89. The van der Waals surface area contributed by atoms with Crippen molar-refractivity contribution >= 4 is 24.1 Å². The number of rotatable bonds is 7. The summed E-state index contributed by atoms with van der Waals surface area (Å²) in [5.41, 5.74) is -0.697. The highest BCUT2D eigenvalue weighted by atomic mass is 19.1. The minimum atomic E-state index is -1.25. The predicted molar refractivity (Wildman–Crippen MR) is 94.4 cm³/mol. The van der Waals surface area contributed by atoms with Crippen LogP contribution >= 0.6 is 0 Å². The van der Waals surface area contributed by atoms with E-state index in [-0.39, 0.29) is 24.4 Å². The largest absolute Gasteiger partial charge is 0.478 e. The van der Waals surface area contributed by atoms with Gasteiger partial charge in [-0.1, -0.05) is 0 Å². The maximum Gasteiger partial charge on any atom is 0.408 e. The maximum atomic E-state index is 13.7. The standard InChI is InChI=1S/C18H23FN2O6/c1-5-26-16(24)14(21-17(25)27-18(2,3)4)10-11-6-7-12(19)13(20-11)8-9-15(22)23/h6-9,14H,5,10H2,1-4H3,(H,21,25)(H,22,23). The van der Waals surface area contributed by atoms with E-state index in [0.29, 0.717) is 0 Å². The van der Waals surface area contributed by atoms with E-state index in [2.05, 4.69) is 10.3 Å². The number of halogens is 1. The van der Waals surface area contributed by atoms with Crippen LogP contribution in [-0.4, -0.2) is 46.4 Å². The smallest absolute Gasteiger partial charge is 0.408 e.